The monoisotopic (exact) mass is 460 g/mol. The van der Waals surface area contributed by atoms with E-state index in [-0.39, 0.29) is 24.3 Å². The number of hydrogen-bond donors (Lipinski definition) is 0. The van der Waals surface area contributed by atoms with Gasteiger partial charge >= 0.3 is 5.97 Å². The predicted octanol–water partition coefficient (Wildman–Crippen LogP) is 5.44. The van der Waals surface area contributed by atoms with E-state index in [9.17, 15) is 4.79 Å². The van der Waals surface area contributed by atoms with E-state index in [4.69, 9.17) is 13.6 Å². The highest BCUT2D eigenvalue weighted by Gasteiger charge is 2.05. The van der Waals surface area contributed by atoms with Crippen LogP contribution in [0.25, 0.3) is 0 Å². The molecule has 0 radical (unpaired) electrons. The maximum atomic E-state index is 11.1. The van der Waals surface area contributed by atoms with Gasteiger partial charge in [-0.05, 0) is 25.7 Å². The van der Waals surface area contributed by atoms with E-state index in [1.54, 1.807) is 0 Å². The largest absolute Gasteiger partial charge is 0.469 e. The zero-order valence-electron chi connectivity index (χ0n) is 17.3. The summed E-state index contributed by atoms with van der Waals surface area (Å²) >= 11 is 0. The van der Waals surface area contributed by atoms with Crippen LogP contribution in [-0.4, -0.2) is 31.4 Å². The maximum absolute atomic E-state index is 11.1. The first-order valence-corrected chi connectivity index (χ1v) is 11.0. The second-order valence-corrected chi connectivity index (χ2v) is 6.92. The molecule has 0 spiro atoms. The van der Waals surface area contributed by atoms with Crippen LogP contribution >= 0.6 is 28.4 Å². The number of rotatable bonds is 16. The minimum Gasteiger partial charge on any atom is -0.469 e. The molecule has 164 valence electrons. The first-order chi connectivity index (χ1) is 14.1. The van der Waals surface area contributed by atoms with Gasteiger partial charge in [-0.25, -0.2) is 0 Å². The molecule has 0 aliphatic heterocycles. The highest BCUT2D eigenvalue weighted by atomic mass is 31.0. The molecular weight excluding hydrogens is 425 g/mol. The Morgan fingerprint density at radius 2 is 1.38 bits per heavy atom. The van der Waals surface area contributed by atoms with E-state index >= 15 is 0 Å². The Bertz CT molecular complexity index is 555. The van der Waals surface area contributed by atoms with Gasteiger partial charge in [-0.3, -0.25) is 4.79 Å². The summed E-state index contributed by atoms with van der Waals surface area (Å²) in [6.07, 6.45) is 23.4. The van der Waals surface area contributed by atoms with Crippen LogP contribution in [0.5, 0.6) is 0 Å². The second-order valence-electron chi connectivity index (χ2n) is 6.10. The van der Waals surface area contributed by atoms with Crippen LogP contribution in [-0.2, 0) is 23.1 Å². The lowest BCUT2D eigenvalue weighted by Gasteiger charge is -2.09. The summed E-state index contributed by atoms with van der Waals surface area (Å²) in [6.45, 7) is 2.08. The number of esters is 1. The van der Waals surface area contributed by atoms with Gasteiger partial charge in [0.1, 0.15) is 0 Å². The molecule has 0 rings (SSSR count). The van der Waals surface area contributed by atoms with Gasteiger partial charge in [0.15, 0.2) is 0 Å². The Morgan fingerprint density at radius 1 is 0.828 bits per heavy atom. The molecule has 8 heteroatoms. The van der Waals surface area contributed by atoms with Crippen molar-refractivity contribution < 1.29 is 23.1 Å². The van der Waals surface area contributed by atoms with Crippen LogP contribution in [0.4, 0.5) is 0 Å². The van der Waals surface area contributed by atoms with E-state index in [2.05, 4.69) is 46.1 Å². The van der Waals surface area contributed by atoms with Crippen LogP contribution in [0.3, 0.4) is 0 Å². The summed E-state index contributed by atoms with van der Waals surface area (Å²) in [5, 5.41) is 0. The normalized spacial score (nSPS) is 15.9. The molecule has 0 aromatic heterocycles. The molecule has 0 fully saturated rings. The Labute approximate surface area is 182 Å². The molecule has 0 aromatic carbocycles. The lowest BCUT2D eigenvalue weighted by atomic mass is 10.1. The third-order valence-corrected chi connectivity index (χ3v) is 5.00. The van der Waals surface area contributed by atoms with Crippen molar-refractivity contribution in [1.82, 2.24) is 0 Å². The van der Waals surface area contributed by atoms with Crippen LogP contribution in [0.2, 0.25) is 0 Å². The fraction of sp³-hybridized carbons (Fsp3) is 0.476. The van der Waals surface area contributed by atoms with E-state index in [1.165, 1.54) is 7.11 Å². The fourth-order valence-electron chi connectivity index (χ4n) is 2.20. The van der Waals surface area contributed by atoms with E-state index in [1.807, 2.05) is 54.7 Å². The van der Waals surface area contributed by atoms with Gasteiger partial charge in [-0.1, -0.05) is 67.7 Å². The minimum atomic E-state index is -0.197. The van der Waals surface area contributed by atoms with Crippen LogP contribution in [0.15, 0.2) is 60.8 Å². The minimum absolute atomic E-state index is 0.0142. The van der Waals surface area contributed by atoms with Crippen molar-refractivity contribution >= 4 is 34.4 Å². The van der Waals surface area contributed by atoms with Crippen molar-refractivity contribution in [3.05, 3.63) is 60.8 Å². The van der Waals surface area contributed by atoms with Crippen molar-refractivity contribution in [2.75, 3.05) is 7.11 Å². The number of ether oxygens (including phenoxy) is 1. The van der Waals surface area contributed by atoms with Gasteiger partial charge in [-0.2, -0.15) is 0 Å². The standard InChI is InChI=1S/C21H35O5P3/c1-3-18(24-27)12-9-6-10-15-19(25-28)13-7-4-5-8-14-20(26-29)16-11-17-21(22)23-2/h4-10,12-14,18-20H,3,11,15-17,27-29H2,1-2H3. The molecule has 6 unspecified atom stereocenters. The van der Waals surface area contributed by atoms with Crippen molar-refractivity contribution in [1.29, 1.82) is 0 Å². The van der Waals surface area contributed by atoms with Gasteiger partial charge in [0.2, 0.25) is 0 Å². The van der Waals surface area contributed by atoms with Crippen LogP contribution in [0.1, 0.15) is 39.0 Å². The van der Waals surface area contributed by atoms with Crippen LogP contribution in [0, 0.1) is 0 Å². The topological polar surface area (TPSA) is 54.0 Å². The maximum Gasteiger partial charge on any atom is 0.305 e. The lowest BCUT2D eigenvalue weighted by molar-refractivity contribution is -0.140. The molecule has 0 aliphatic rings. The fourth-order valence-corrected chi connectivity index (χ4v) is 2.91. The molecule has 0 heterocycles. The van der Waals surface area contributed by atoms with Crippen LogP contribution < -0.4 is 0 Å². The second kappa shape index (κ2) is 20.6. The first-order valence-electron chi connectivity index (χ1n) is 9.59. The Morgan fingerprint density at radius 3 is 1.93 bits per heavy atom. The predicted molar refractivity (Wildman–Crippen MR) is 130 cm³/mol. The average Bonchev–Trinajstić information content (AvgIpc) is 2.75. The number of carbonyl (C=O) groups is 1. The van der Waals surface area contributed by atoms with E-state index in [0.717, 1.165) is 25.7 Å². The zero-order chi connectivity index (χ0) is 21.7. The molecule has 0 aromatic rings. The van der Waals surface area contributed by atoms with E-state index < -0.39 is 0 Å². The van der Waals surface area contributed by atoms with Gasteiger partial charge < -0.3 is 18.3 Å². The molecule has 5 nitrogen and oxygen atoms in total. The number of hydrogen-bond acceptors (Lipinski definition) is 5. The summed E-state index contributed by atoms with van der Waals surface area (Å²) in [5.41, 5.74) is 0. The van der Waals surface area contributed by atoms with Gasteiger partial charge in [0.25, 0.3) is 0 Å². The molecule has 0 saturated carbocycles. The number of methoxy groups -OCH3 is 1. The van der Waals surface area contributed by atoms with E-state index in [0.29, 0.717) is 6.42 Å². The summed E-state index contributed by atoms with van der Waals surface area (Å²) in [7, 11) is 8.26. The quantitative estimate of drug-likeness (QED) is 0.175. The summed E-state index contributed by atoms with van der Waals surface area (Å²) in [5.74, 6) is -0.197. The molecule has 6 atom stereocenters. The first kappa shape index (κ1) is 28.3. The zero-order valence-corrected chi connectivity index (χ0v) is 20.8. The summed E-state index contributed by atoms with van der Waals surface area (Å²) in [4.78, 5) is 11.1. The summed E-state index contributed by atoms with van der Waals surface area (Å²) < 4.78 is 20.5. The highest BCUT2D eigenvalue weighted by molar-refractivity contribution is 7.10. The molecule has 0 N–H and O–H groups in total. The van der Waals surface area contributed by atoms with Gasteiger partial charge in [0, 0.05) is 34.8 Å². The molecular formula is C21H35O5P3. The van der Waals surface area contributed by atoms with Gasteiger partial charge in [-0.15, -0.1) is 0 Å². The highest BCUT2D eigenvalue weighted by Crippen LogP contribution is 2.11. The SMILES string of the molecule is CCC(C=CC=CCC(C=CC=CC=CC(CCCC(=O)OC)OP)OP)OP. The van der Waals surface area contributed by atoms with Crippen molar-refractivity contribution in [3.63, 3.8) is 0 Å². The molecule has 29 heavy (non-hydrogen) atoms. The Kier molecular flexibility index (Phi) is 20.1. The summed E-state index contributed by atoms with van der Waals surface area (Å²) in [6, 6.07) is 0. The van der Waals surface area contributed by atoms with Crippen molar-refractivity contribution in [3.8, 4) is 0 Å². The third-order valence-electron chi connectivity index (χ3n) is 3.95. The molecule has 0 aliphatic carbocycles. The number of carbonyl (C=O) groups excluding carboxylic acids is 1. The Hall–Kier alpha value is -0.660. The average molecular weight is 460 g/mol. The smallest absolute Gasteiger partial charge is 0.305 e. The van der Waals surface area contributed by atoms with Crippen molar-refractivity contribution in [2.45, 2.75) is 57.3 Å². The lowest BCUT2D eigenvalue weighted by Crippen LogP contribution is -2.06. The molecule has 0 saturated heterocycles. The third kappa shape index (κ3) is 16.8. The number of allylic oxidation sites excluding steroid dienone is 6. The Balaban J connectivity index is 4.28. The van der Waals surface area contributed by atoms with Gasteiger partial charge in [0.05, 0.1) is 25.4 Å². The molecule has 0 bridgehead atoms. The van der Waals surface area contributed by atoms with Crippen molar-refractivity contribution in [2.24, 2.45) is 0 Å². The molecule has 0 amide bonds.